The number of nitrogens with one attached hydrogen (secondary N) is 1. The molecule has 2 aromatic heterocycles. The van der Waals surface area contributed by atoms with Gasteiger partial charge in [0.05, 0.1) is 16.6 Å². The smallest absolute Gasteiger partial charge is 0.191 e. The Morgan fingerprint density at radius 2 is 1.92 bits per heavy atom. The van der Waals surface area contributed by atoms with Crippen LogP contribution >= 0.6 is 0 Å². The van der Waals surface area contributed by atoms with Crippen LogP contribution in [0.1, 0.15) is 24.4 Å². The molecule has 0 atom stereocenters. The van der Waals surface area contributed by atoms with Crippen LogP contribution in [0.5, 0.6) is 0 Å². The molecule has 5 nitrogen and oxygen atoms in total. The fourth-order valence-electron chi connectivity index (χ4n) is 3.19. The minimum atomic E-state index is -0.921. The van der Waals surface area contributed by atoms with E-state index in [0.717, 1.165) is 18.4 Å². The molecule has 0 saturated heterocycles. The van der Waals surface area contributed by atoms with E-state index in [1.165, 1.54) is 6.07 Å². The fourth-order valence-corrected chi connectivity index (χ4v) is 3.19. The normalized spacial score (nSPS) is 13.9. The molecule has 134 valence electrons. The summed E-state index contributed by atoms with van der Waals surface area (Å²) in [6, 6.07) is 5.12. The molecule has 0 spiro atoms. The largest absolute Gasteiger partial charge is 0.396 e. The molecule has 1 aliphatic rings. The van der Waals surface area contributed by atoms with Crippen molar-refractivity contribution >= 4 is 22.3 Å². The van der Waals surface area contributed by atoms with Crippen LogP contribution in [0.3, 0.4) is 0 Å². The summed E-state index contributed by atoms with van der Waals surface area (Å²) in [5.41, 5.74) is 5.85. The number of aromatic nitrogens is 2. The van der Waals surface area contributed by atoms with Crippen molar-refractivity contribution in [2.24, 2.45) is 0 Å². The van der Waals surface area contributed by atoms with Gasteiger partial charge < -0.3 is 15.6 Å². The Kier molecular flexibility index (Phi) is 4.06. The third-order valence-corrected chi connectivity index (χ3v) is 4.69. The Morgan fingerprint density at radius 3 is 2.62 bits per heavy atom. The van der Waals surface area contributed by atoms with E-state index in [0.29, 0.717) is 13.0 Å². The SMILES string of the molecule is Nc1c(F)c(NCCc2ccncc2)c(F)c2c1c(=O)ccn2C1CC1. The average Bonchev–Trinajstić information content (AvgIpc) is 3.48. The van der Waals surface area contributed by atoms with Gasteiger partial charge in [-0.3, -0.25) is 9.78 Å². The minimum Gasteiger partial charge on any atom is -0.396 e. The summed E-state index contributed by atoms with van der Waals surface area (Å²) in [7, 11) is 0. The highest BCUT2D eigenvalue weighted by atomic mass is 19.1. The lowest BCUT2D eigenvalue weighted by Crippen LogP contribution is -2.16. The van der Waals surface area contributed by atoms with Crippen LogP contribution < -0.4 is 16.5 Å². The van der Waals surface area contributed by atoms with Gasteiger partial charge in [-0.05, 0) is 37.0 Å². The highest BCUT2D eigenvalue weighted by Gasteiger charge is 2.29. The van der Waals surface area contributed by atoms with Gasteiger partial charge in [-0.25, -0.2) is 8.78 Å². The lowest BCUT2D eigenvalue weighted by molar-refractivity contribution is 0.590. The summed E-state index contributed by atoms with van der Waals surface area (Å²) in [6.45, 7) is 0.323. The molecule has 0 bridgehead atoms. The summed E-state index contributed by atoms with van der Waals surface area (Å²) >= 11 is 0. The zero-order valence-corrected chi connectivity index (χ0v) is 14.0. The van der Waals surface area contributed by atoms with Crippen molar-refractivity contribution in [2.75, 3.05) is 17.6 Å². The van der Waals surface area contributed by atoms with Crippen LogP contribution in [0.15, 0.2) is 41.6 Å². The topological polar surface area (TPSA) is 72.9 Å². The minimum absolute atomic E-state index is 0.0744. The number of hydrogen-bond acceptors (Lipinski definition) is 4. The summed E-state index contributed by atoms with van der Waals surface area (Å²) in [5, 5.41) is 2.71. The van der Waals surface area contributed by atoms with Crippen molar-refractivity contribution in [2.45, 2.75) is 25.3 Å². The predicted molar refractivity (Wildman–Crippen MR) is 97.2 cm³/mol. The first-order chi connectivity index (χ1) is 12.6. The molecule has 3 aromatic rings. The molecule has 4 rings (SSSR count). The van der Waals surface area contributed by atoms with Crippen LogP contribution in [0, 0.1) is 11.6 Å². The molecule has 0 aliphatic heterocycles. The first-order valence-electron chi connectivity index (χ1n) is 8.52. The van der Waals surface area contributed by atoms with Gasteiger partial charge in [0.15, 0.2) is 17.1 Å². The van der Waals surface area contributed by atoms with Gasteiger partial charge in [-0.2, -0.15) is 0 Å². The highest BCUT2D eigenvalue weighted by molar-refractivity contribution is 5.94. The maximum absolute atomic E-state index is 15.1. The summed E-state index contributed by atoms with van der Waals surface area (Å²) in [5.74, 6) is -1.69. The molecule has 1 aromatic carbocycles. The number of nitrogens with two attached hydrogens (primary N) is 1. The quantitative estimate of drug-likeness (QED) is 0.689. The first kappa shape index (κ1) is 16.5. The van der Waals surface area contributed by atoms with Crippen LogP contribution in [0.25, 0.3) is 10.9 Å². The molecule has 0 amide bonds. The van der Waals surface area contributed by atoms with Crippen molar-refractivity contribution in [3.8, 4) is 0 Å². The predicted octanol–water partition coefficient (Wildman–Crippen LogP) is 3.25. The number of benzene rings is 1. The highest BCUT2D eigenvalue weighted by Crippen LogP contribution is 2.40. The second kappa shape index (κ2) is 6.40. The number of nitrogen functional groups attached to an aromatic ring is 1. The van der Waals surface area contributed by atoms with E-state index in [-0.39, 0.29) is 28.3 Å². The molecule has 7 heteroatoms. The summed E-state index contributed by atoms with van der Waals surface area (Å²) in [4.78, 5) is 16.1. The van der Waals surface area contributed by atoms with E-state index in [4.69, 9.17) is 5.73 Å². The van der Waals surface area contributed by atoms with Crippen molar-refractivity contribution in [1.29, 1.82) is 0 Å². The lowest BCUT2D eigenvalue weighted by Gasteiger charge is -2.17. The Bertz CT molecular complexity index is 1030. The van der Waals surface area contributed by atoms with Crippen LogP contribution in [0.2, 0.25) is 0 Å². The zero-order valence-electron chi connectivity index (χ0n) is 14.0. The number of hydrogen-bond donors (Lipinski definition) is 2. The fraction of sp³-hybridized carbons (Fsp3) is 0.263. The second-order valence-electron chi connectivity index (χ2n) is 6.49. The Balaban J connectivity index is 1.75. The molecule has 3 N–H and O–H groups in total. The number of halogens is 2. The molecule has 1 aliphatic carbocycles. The summed E-state index contributed by atoms with van der Waals surface area (Å²) < 4.78 is 31.5. The van der Waals surface area contributed by atoms with Crippen molar-refractivity contribution < 1.29 is 8.78 Å². The molecule has 26 heavy (non-hydrogen) atoms. The van der Waals surface area contributed by atoms with Gasteiger partial charge in [-0.15, -0.1) is 0 Å². The Morgan fingerprint density at radius 1 is 1.19 bits per heavy atom. The van der Waals surface area contributed by atoms with Crippen molar-refractivity contribution in [3.05, 3.63) is 64.2 Å². The number of fused-ring (bicyclic) bond motifs is 1. The van der Waals surface area contributed by atoms with Crippen LogP contribution in [-0.2, 0) is 6.42 Å². The third-order valence-electron chi connectivity index (χ3n) is 4.69. The van der Waals surface area contributed by atoms with E-state index < -0.39 is 17.1 Å². The number of rotatable bonds is 5. The molecule has 2 heterocycles. The Hall–Kier alpha value is -2.96. The van der Waals surface area contributed by atoms with Crippen LogP contribution in [0.4, 0.5) is 20.2 Å². The molecule has 1 saturated carbocycles. The zero-order chi connectivity index (χ0) is 18.3. The van der Waals surface area contributed by atoms with Gasteiger partial charge in [-0.1, -0.05) is 0 Å². The molecule has 0 radical (unpaired) electrons. The van der Waals surface area contributed by atoms with Crippen molar-refractivity contribution in [1.82, 2.24) is 9.55 Å². The van der Waals surface area contributed by atoms with Crippen LogP contribution in [-0.4, -0.2) is 16.1 Å². The lowest BCUT2D eigenvalue weighted by atomic mass is 10.1. The number of nitrogens with zero attached hydrogens (tertiary/aromatic N) is 2. The van der Waals surface area contributed by atoms with Gasteiger partial charge >= 0.3 is 0 Å². The van der Waals surface area contributed by atoms with Gasteiger partial charge in [0, 0.05) is 37.2 Å². The Labute approximate surface area is 148 Å². The van der Waals surface area contributed by atoms with E-state index >= 15 is 4.39 Å². The average molecular weight is 356 g/mol. The standard InChI is InChI=1S/C19H18F2N4O/c20-15-17(22)14-13(26)6-10-25(12-1-2-12)19(14)16(21)18(15)24-9-5-11-3-7-23-8-4-11/h3-4,6-8,10,12,24H,1-2,5,9,22H2. The molecule has 1 fully saturated rings. The summed E-state index contributed by atoms with van der Waals surface area (Å²) in [6.07, 6.45) is 7.27. The van der Waals surface area contributed by atoms with E-state index in [1.807, 2.05) is 12.1 Å². The molecular weight excluding hydrogens is 338 g/mol. The number of anilines is 2. The molecular formula is C19H18F2N4O. The maximum Gasteiger partial charge on any atom is 0.191 e. The molecule has 0 unspecified atom stereocenters. The van der Waals surface area contributed by atoms with Gasteiger partial charge in [0.2, 0.25) is 0 Å². The van der Waals surface area contributed by atoms with Gasteiger partial charge in [0.1, 0.15) is 5.69 Å². The first-order valence-corrected chi connectivity index (χ1v) is 8.52. The second-order valence-corrected chi connectivity index (χ2v) is 6.49. The third kappa shape index (κ3) is 2.79. The number of pyridine rings is 2. The van der Waals surface area contributed by atoms with Crippen molar-refractivity contribution in [3.63, 3.8) is 0 Å². The monoisotopic (exact) mass is 356 g/mol. The van der Waals surface area contributed by atoms with E-state index in [2.05, 4.69) is 10.3 Å². The van der Waals surface area contributed by atoms with E-state index in [9.17, 15) is 9.18 Å². The van der Waals surface area contributed by atoms with Gasteiger partial charge in [0.25, 0.3) is 0 Å². The van der Waals surface area contributed by atoms with E-state index in [1.54, 1.807) is 23.2 Å². The maximum atomic E-state index is 15.1.